The van der Waals surface area contributed by atoms with E-state index in [9.17, 15) is 13.2 Å². The monoisotopic (exact) mass is 255 g/mol. The van der Waals surface area contributed by atoms with Crippen LogP contribution in [0.25, 0.3) is 0 Å². The maximum atomic E-state index is 12.8. The number of rotatable bonds is 2. The first-order chi connectivity index (χ1) is 6.06. The first-order valence-corrected chi connectivity index (χ1v) is 4.03. The molecule has 1 heterocycles. The molecule has 13 heavy (non-hydrogen) atoms. The average molecular weight is 256 g/mol. The summed E-state index contributed by atoms with van der Waals surface area (Å²) < 4.78 is 41.8. The minimum Gasteiger partial charge on any atom is -0.480 e. The molecule has 0 amide bonds. The minimum absolute atomic E-state index is 0.0538. The smallest absolute Gasteiger partial charge is 0.268 e. The number of hydrogen-bond acceptors (Lipinski definition) is 2. The third kappa shape index (κ3) is 2.12. The zero-order valence-electron chi connectivity index (χ0n) is 6.52. The second kappa shape index (κ2) is 3.95. The van der Waals surface area contributed by atoms with Crippen LogP contribution in [0.3, 0.4) is 0 Å². The van der Waals surface area contributed by atoms with Gasteiger partial charge in [-0.1, -0.05) is 0 Å². The van der Waals surface area contributed by atoms with Gasteiger partial charge in [0.2, 0.25) is 11.8 Å². The third-order valence-electron chi connectivity index (χ3n) is 1.35. The molecule has 0 atom stereocenters. The van der Waals surface area contributed by atoms with Gasteiger partial charge < -0.3 is 4.74 Å². The van der Waals surface area contributed by atoms with Crippen LogP contribution in [-0.4, -0.2) is 12.1 Å². The number of nitrogens with zero attached hydrogens (tertiary/aromatic N) is 1. The van der Waals surface area contributed by atoms with Crippen molar-refractivity contribution in [3.05, 3.63) is 22.1 Å². The van der Waals surface area contributed by atoms with Crippen LogP contribution in [0.5, 0.6) is 5.88 Å². The molecule has 6 heteroatoms. The molecule has 1 rings (SSSR count). The van der Waals surface area contributed by atoms with E-state index >= 15 is 0 Å². The molecular weight excluding hydrogens is 251 g/mol. The molecule has 0 aliphatic heterocycles. The van der Waals surface area contributed by atoms with Crippen LogP contribution in [0, 0.1) is 5.95 Å². The number of methoxy groups -OCH3 is 1. The number of hydrogen-bond donors (Lipinski definition) is 0. The summed E-state index contributed by atoms with van der Waals surface area (Å²) >= 11 is 2.92. The summed E-state index contributed by atoms with van der Waals surface area (Å²) in [5.41, 5.74) is -0.743. The Morgan fingerprint density at radius 1 is 1.54 bits per heavy atom. The zero-order chi connectivity index (χ0) is 10.0. The van der Waals surface area contributed by atoms with E-state index in [1.54, 1.807) is 0 Å². The van der Waals surface area contributed by atoms with Gasteiger partial charge in [0.1, 0.15) is 0 Å². The maximum Gasteiger partial charge on any atom is 0.268 e. The van der Waals surface area contributed by atoms with Gasteiger partial charge in [0.05, 0.1) is 17.1 Å². The highest BCUT2D eigenvalue weighted by molar-refractivity contribution is 9.10. The lowest BCUT2D eigenvalue weighted by Crippen LogP contribution is -1.98. The van der Waals surface area contributed by atoms with E-state index < -0.39 is 17.9 Å². The zero-order valence-corrected chi connectivity index (χ0v) is 8.11. The molecule has 72 valence electrons. The van der Waals surface area contributed by atoms with Gasteiger partial charge in [-0.3, -0.25) is 0 Å². The Morgan fingerprint density at radius 2 is 2.15 bits per heavy atom. The second-order valence-electron chi connectivity index (χ2n) is 2.16. The molecule has 1 aromatic heterocycles. The SMILES string of the molecule is COc1nc(F)c(C(F)F)cc1Br. The molecule has 0 aliphatic carbocycles. The fourth-order valence-electron chi connectivity index (χ4n) is 0.761. The van der Waals surface area contributed by atoms with E-state index in [0.29, 0.717) is 0 Å². The van der Waals surface area contributed by atoms with Crippen LogP contribution in [0.1, 0.15) is 12.0 Å². The van der Waals surface area contributed by atoms with Gasteiger partial charge in [0, 0.05) is 0 Å². The van der Waals surface area contributed by atoms with Crippen LogP contribution in [0.2, 0.25) is 0 Å². The highest BCUT2D eigenvalue weighted by Gasteiger charge is 2.17. The molecule has 0 aromatic carbocycles. The Bertz CT molecular complexity index is 319. The molecule has 0 spiro atoms. The van der Waals surface area contributed by atoms with E-state index in [-0.39, 0.29) is 10.4 Å². The largest absolute Gasteiger partial charge is 0.480 e. The Kier molecular flexibility index (Phi) is 3.13. The molecule has 0 saturated carbocycles. The quantitative estimate of drug-likeness (QED) is 0.759. The van der Waals surface area contributed by atoms with E-state index in [1.807, 2.05) is 0 Å². The normalized spacial score (nSPS) is 10.6. The predicted molar refractivity (Wildman–Crippen MR) is 43.4 cm³/mol. The standard InChI is InChI=1S/C7H5BrF3NO/c1-13-7-4(8)2-3(5(9)10)6(11)12-7/h2,5H,1H3. The Morgan fingerprint density at radius 3 is 2.62 bits per heavy atom. The summed E-state index contributed by atoms with van der Waals surface area (Å²) in [6.45, 7) is 0. The van der Waals surface area contributed by atoms with Crippen LogP contribution >= 0.6 is 15.9 Å². The van der Waals surface area contributed by atoms with Gasteiger partial charge in [0.25, 0.3) is 6.43 Å². The summed E-state index contributed by atoms with van der Waals surface area (Å²) in [6.07, 6.45) is -2.88. The molecule has 0 unspecified atom stereocenters. The molecule has 0 aliphatic rings. The third-order valence-corrected chi connectivity index (χ3v) is 1.92. The summed E-state index contributed by atoms with van der Waals surface area (Å²) in [5, 5.41) is 0. The fraction of sp³-hybridized carbons (Fsp3) is 0.286. The highest BCUT2D eigenvalue weighted by Crippen LogP contribution is 2.29. The van der Waals surface area contributed by atoms with Crippen molar-refractivity contribution in [3.8, 4) is 5.88 Å². The summed E-state index contributed by atoms with van der Waals surface area (Å²) in [4.78, 5) is 3.20. The molecule has 2 nitrogen and oxygen atoms in total. The lowest BCUT2D eigenvalue weighted by Gasteiger charge is -2.05. The van der Waals surface area contributed by atoms with E-state index in [0.717, 1.165) is 6.07 Å². The van der Waals surface area contributed by atoms with Crippen LogP contribution in [0.4, 0.5) is 13.2 Å². The van der Waals surface area contributed by atoms with Gasteiger partial charge in [-0.2, -0.15) is 9.37 Å². The topological polar surface area (TPSA) is 22.1 Å². The highest BCUT2D eigenvalue weighted by atomic mass is 79.9. The average Bonchev–Trinajstić information content (AvgIpc) is 2.07. The molecule has 0 fully saturated rings. The molecular formula is C7H5BrF3NO. The molecule has 1 aromatic rings. The van der Waals surface area contributed by atoms with E-state index in [4.69, 9.17) is 0 Å². The molecule has 0 saturated heterocycles. The van der Waals surface area contributed by atoms with Crippen molar-refractivity contribution in [2.24, 2.45) is 0 Å². The van der Waals surface area contributed by atoms with Crippen LogP contribution in [-0.2, 0) is 0 Å². The van der Waals surface area contributed by atoms with Gasteiger partial charge in [-0.25, -0.2) is 8.78 Å². The van der Waals surface area contributed by atoms with E-state index in [1.165, 1.54) is 7.11 Å². The van der Waals surface area contributed by atoms with Crippen molar-refractivity contribution in [2.75, 3.05) is 7.11 Å². The predicted octanol–water partition coefficient (Wildman–Crippen LogP) is 2.93. The number of halogens is 4. The number of ether oxygens (including phenoxy) is 1. The maximum absolute atomic E-state index is 12.8. The Balaban J connectivity index is 3.20. The number of pyridine rings is 1. The fourth-order valence-corrected chi connectivity index (χ4v) is 1.26. The summed E-state index contributed by atoms with van der Waals surface area (Å²) in [5.74, 6) is -1.27. The lowest BCUT2D eigenvalue weighted by molar-refractivity contribution is 0.144. The number of alkyl halides is 2. The molecule has 0 radical (unpaired) electrons. The van der Waals surface area contributed by atoms with Crippen molar-refractivity contribution < 1.29 is 17.9 Å². The van der Waals surface area contributed by atoms with E-state index in [2.05, 4.69) is 25.7 Å². The van der Waals surface area contributed by atoms with Gasteiger partial charge in [0.15, 0.2) is 0 Å². The second-order valence-corrected chi connectivity index (χ2v) is 3.01. The Hall–Kier alpha value is -0.780. The first kappa shape index (κ1) is 10.3. The Labute approximate surface area is 80.9 Å². The number of aromatic nitrogens is 1. The van der Waals surface area contributed by atoms with Gasteiger partial charge in [-0.15, -0.1) is 0 Å². The van der Waals surface area contributed by atoms with Crippen molar-refractivity contribution in [1.82, 2.24) is 4.98 Å². The molecule has 0 N–H and O–H groups in total. The van der Waals surface area contributed by atoms with Crippen molar-refractivity contribution in [2.45, 2.75) is 6.43 Å². The van der Waals surface area contributed by atoms with Crippen molar-refractivity contribution >= 4 is 15.9 Å². The van der Waals surface area contributed by atoms with Gasteiger partial charge >= 0.3 is 0 Å². The lowest BCUT2D eigenvalue weighted by atomic mass is 10.3. The van der Waals surface area contributed by atoms with Gasteiger partial charge in [-0.05, 0) is 22.0 Å². The van der Waals surface area contributed by atoms with Crippen LogP contribution < -0.4 is 4.74 Å². The minimum atomic E-state index is -2.88. The van der Waals surface area contributed by atoms with Crippen molar-refractivity contribution in [3.63, 3.8) is 0 Å². The van der Waals surface area contributed by atoms with Crippen molar-refractivity contribution in [1.29, 1.82) is 0 Å². The van der Waals surface area contributed by atoms with Crippen LogP contribution in [0.15, 0.2) is 10.5 Å². The first-order valence-electron chi connectivity index (χ1n) is 3.24. The molecule has 0 bridgehead atoms. The summed E-state index contributed by atoms with van der Waals surface area (Å²) in [6, 6.07) is 0.950. The summed E-state index contributed by atoms with van der Waals surface area (Å²) in [7, 11) is 1.27.